The van der Waals surface area contributed by atoms with Gasteiger partial charge in [0.1, 0.15) is 0 Å². The van der Waals surface area contributed by atoms with Gasteiger partial charge in [0.05, 0.1) is 5.56 Å². The molecule has 0 radical (unpaired) electrons. The van der Waals surface area contributed by atoms with Crippen LogP contribution in [0, 0.1) is 0 Å². The van der Waals surface area contributed by atoms with E-state index in [2.05, 4.69) is 29.6 Å². The lowest BCUT2D eigenvalue weighted by atomic mass is 10.1. The summed E-state index contributed by atoms with van der Waals surface area (Å²) in [7, 11) is 0. The Morgan fingerprint density at radius 1 is 0.905 bits per heavy atom. The van der Waals surface area contributed by atoms with Crippen molar-refractivity contribution in [1.29, 1.82) is 0 Å². The number of carbonyl (C=O) groups is 1. The van der Waals surface area contributed by atoms with Crippen LogP contribution in [0.5, 0.6) is 0 Å². The van der Waals surface area contributed by atoms with Gasteiger partial charge in [-0.3, -0.25) is 0 Å². The molecule has 0 bridgehead atoms. The van der Waals surface area contributed by atoms with E-state index in [1.54, 1.807) is 12.1 Å². The highest BCUT2D eigenvalue weighted by Crippen LogP contribution is 2.10. The highest BCUT2D eigenvalue weighted by Gasteiger charge is 2.01. The van der Waals surface area contributed by atoms with Gasteiger partial charge in [0, 0.05) is 12.2 Å². The second-order valence-electron chi connectivity index (χ2n) is 5.11. The molecular formula is C18H21NO2. The highest BCUT2D eigenvalue weighted by atomic mass is 16.4. The summed E-state index contributed by atoms with van der Waals surface area (Å²) in [5.74, 6) is -0.887. The van der Waals surface area contributed by atoms with E-state index in [4.69, 9.17) is 5.11 Å². The Hall–Kier alpha value is -2.29. The standard InChI is InChI=1S/C18H21NO2/c20-18(21)16-10-12-17(13-11-16)19-14-6-2-5-9-15-7-3-1-4-8-15/h1,3-4,7-8,10-13,19H,2,5-6,9,14H2,(H,20,21). The van der Waals surface area contributed by atoms with Crippen LogP contribution >= 0.6 is 0 Å². The average Bonchev–Trinajstić information content (AvgIpc) is 2.52. The zero-order chi connectivity index (χ0) is 14.9. The quantitative estimate of drug-likeness (QED) is 0.713. The Morgan fingerprint density at radius 2 is 1.62 bits per heavy atom. The first-order chi connectivity index (χ1) is 10.3. The van der Waals surface area contributed by atoms with E-state index >= 15 is 0 Å². The predicted octanol–water partition coefficient (Wildman–Crippen LogP) is 4.21. The molecule has 0 spiro atoms. The van der Waals surface area contributed by atoms with Crippen molar-refractivity contribution in [3.63, 3.8) is 0 Å². The molecule has 0 unspecified atom stereocenters. The predicted molar refractivity (Wildman–Crippen MR) is 85.9 cm³/mol. The van der Waals surface area contributed by atoms with Gasteiger partial charge in [-0.2, -0.15) is 0 Å². The van der Waals surface area contributed by atoms with Crippen molar-refractivity contribution in [1.82, 2.24) is 0 Å². The zero-order valence-corrected chi connectivity index (χ0v) is 12.1. The van der Waals surface area contributed by atoms with Gasteiger partial charge in [-0.05, 0) is 49.1 Å². The number of carboxylic acids is 1. The summed E-state index contributed by atoms with van der Waals surface area (Å²) in [4.78, 5) is 10.7. The van der Waals surface area contributed by atoms with Crippen molar-refractivity contribution in [3.8, 4) is 0 Å². The molecule has 0 aliphatic rings. The van der Waals surface area contributed by atoms with E-state index in [0.29, 0.717) is 5.56 Å². The van der Waals surface area contributed by atoms with Gasteiger partial charge in [-0.1, -0.05) is 36.8 Å². The van der Waals surface area contributed by atoms with E-state index < -0.39 is 5.97 Å². The third-order valence-electron chi connectivity index (χ3n) is 3.45. The Bertz CT molecular complexity index is 549. The molecule has 0 aliphatic carbocycles. The van der Waals surface area contributed by atoms with Crippen molar-refractivity contribution in [2.45, 2.75) is 25.7 Å². The molecule has 0 aromatic heterocycles. The number of benzene rings is 2. The molecule has 0 saturated heterocycles. The molecule has 21 heavy (non-hydrogen) atoms. The average molecular weight is 283 g/mol. The summed E-state index contributed by atoms with van der Waals surface area (Å²) >= 11 is 0. The molecule has 3 heteroatoms. The lowest BCUT2D eigenvalue weighted by Crippen LogP contribution is -2.02. The first-order valence-electron chi connectivity index (χ1n) is 7.37. The van der Waals surface area contributed by atoms with Crippen molar-refractivity contribution < 1.29 is 9.90 Å². The van der Waals surface area contributed by atoms with Crippen LogP contribution in [-0.2, 0) is 6.42 Å². The third kappa shape index (κ3) is 5.30. The van der Waals surface area contributed by atoms with Crippen LogP contribution in [0.1, 0.15) is 35.2 Å². The van der Waals surface area contributed by atoms with E-state index in [1.807, 2.05) is 18.2 Å². The van der Waals surface area contributed by atoms with Gasteiger partial charge >= 0.3 is 5.97 Å². The lowest BCUT2D eigenvalue weighted by Gasteiger charge is -2.06. The van der Waals surface area contributed by atoms with Crippen LogP contribution in [0.4, 0.5) is 5.69 Å². The summed E-state index contributed by atoms with van der Waals surface area (Å²) in [5, 5.41) is 12.1. The number of unbranched alkanes of at least 4 members (excludes halogenated alkanes) is 2. The number of aromatic carboxylic acids is 1. The Balaban J connectivity index is 1.60. The SMILES string of the molecule is O=C(O)c1ccc(NCCCCCc2ccccc2)cc1. The minimum absolute atomic E-state index is 0.323. The molecule has 2 rings (SSSR count). The molecule has 2 N–H and O–H groups in total. The molecule has 3 nitrogen and oxygen atoms in total. The van der Waals surface area contributed by atoms with Gasteiger partial charge in [0.15, 0.2) is 0 Å². The maximum Gasteiger partial charge on any atom is 0.335 e. The molecule has 2 aromatic carbocycles. The molecule has 0 aliphatic heterocycles. The van der Waals surface area contributed by atoms with Gasteiger partial charge in [0.2, 0.25) is 0 Å². The summed E-state index contributed by atoms with van der Waals surface area (Å²) < 4.78 is 0. The fourth-order valence-electron chi connectivity index (χ4n) is 2.24. The zero-order valence-electron chi connectivity index (χ0n) is 12.1. The summed E-state index contributed by atoms with van der Waals surface area (Å²) in [5.41, 5.74) is 2.70. The maximum atomic E-state index is 10.7. The van der Waals surface area contributed by atoms with Crippen LogP contribution in [0.2, 0.25) is 0 Å². The van der Waals surface area contributed by atoms with Gasteiger partial charge in [0.25, 0.3) is 0 Å². The van der Waals surface area contributed by atoms with Gasteiger partial charge in [-0.15, -0.1) is 0 Å². The number of aryl methyl sites for hydroxylation is 1. The molecule has 0 heterocycles. The molecular weight excluding hydrogens is 262 g/mol. The Labute approximate surface area is 125 Å². The van der Waals surface area contributed by atoms with E-state index in [1.165, 1.54) is 18.4 Å². The fraction of sp³-hybridized carbons (Fsp3) is 0.278. The number of nitrogens with one attached hydrogen (secondary N) is 1. The minimum atomic E-state index is -0.887. The Morgan fingerprint density at radius 3 is 2.29 bits per heavy atom. The van der Waals surface area contributed by atoms with Crippen LogP contribution in [0.15, 0.2) is 54.6 Å². The summed E-state index contributed by atoms with van der Waals surface area (Å²) in [6.45, 7) is 0.918. The summed E-state index contributed by atoms with van der Waals surface area (Å²) in [6.07, 6.45) is 4.64. The van der Waals surface area contributed by atoms with E-state index in [-0.39, 0.29) is 0 Å². The first-order valence-corrected chi connectivity index (χ1v) is 7.37. The molecule has 110 valence electrons. The fourth-order valence-corrected chi connectivity index (χ4v) is 2.24. The van der Waals surface area contributed by atoms with Crippen molar-refractivity contribution in [3.05, 3.63) is 65.7 Å². The number of rotatable bonds is 8. The van der Waals surface area contributed by atoms with Gasteiger partial charge in [-0.25, -0.2) is 4.79 Å². The normalized spacial score (nSPS) is 10.3. The van der Waals surface area contributed by atoms with E-state index in [0.717, 1.165) is 25.1 Å². The molecule has 0 fully saturated rings. The molecule has 0 saturated carbocycles. The number of carboxylic acid groups (broad SMARTS) is 1. The monoisotopic (exact) mass is 283 g/mol. The van der Waals surface area contributed by atoms with Crippen LogP contribution in [0.25, 0.3) is 0 Å². The molecule has 0 atom stereocenters. The minimum Gasteiger partial charge on any atom is -0.478 e. The van der Waals surface area contributed by atoms with Crippen molar-refractivity contribution in [2.24, 2.45) is 0 Å². The van der Waals surface area contributed by atoms with E-state index in [9.17, 15) is 4.79 Å². The largest absolute Gasteiger partial charge is 0.478 e. The molecule has 2 aromatic rings. The smallest absolute Gasteiger partial charge is 0.335 e. The second-order valence-corrected chi connectivity index (χ2v) is 5.11. The topological polar surface area (TPSA) is 49.3 Å². The Kier molecular flexibility index (Phi) is 5.83. The van der Waals surface area contributed by atoms with Crippen LogP contribution in [-0.4, -0.2) is 17.6 Å². The maximum absolute atomic E-state index is 10.7. The van der Waals surface area contributed by atoms with Crippen LogP contribution < -0.4 is 5.32 Å². The number of hydrogen-bond acceptors (Lipinski definition) is 2. The van der Waals surface area contributed by atoms with Crippen molar-refractivity contribution in [2.75, 3.05) is 11.9 Å². The summed E-state index contributed by atoms with van der Waals surface area (Å²) in [6, 6.07) is 17.4. The number of anilines is 1. The van der Waals surface area contributed by atoms with Crippen molar-refractivity contribution >= 4 is 11.7 Å². The number of hydrogen-bond donors (Lipinski definition) is 2. The van der Waals surface area contributed by atoms with Crippen LogP contribution in [0.3, 0.4) is 0 Å². The third-order valence-corrected chi connectivity index (χ3v) is 3.45. The molecule has 0 amide bonds. The lowest BCUT2D eigenvalue weighted by molar-refractivity contribution is 0.0697. The highest BCUT2D eigenvalue weighted by molar-refractivity contribution is 5.87. The van der Waals surface area contributed by atoms with Gasteiger partial charge < -0.3 is 10.4 Å². The first kappa shape index (κ1) is 15.1. The second kappa shape index (κ2) is 8.10.